The Morgan fingerprint density at radius 1 is 1.14 bits per heavy atom. The highest BCUT2D eigenvalue weighted by atomic mass is 16.5. The molecule has 0 atom stereocenters. The molecule has 0 spiro atoms. The number of ether oxygens (including phenoxy) is 1. The number of para-hydroxylation sites is 1. The van der Waals surface area contributed by atoms with Crippen LogP contribution in [0.25, 0.3) is 16.6 Å². The maximum Gasteiger partial charge on any atom is 0.270 e. The lowest BCUT2D eigenvalue weighted by molar-refractivity contribution is 0.0952. The summed E-state index contributed by atoms with van der Waals surface area (Å²) in [5.41, 5.74) is 2.76. The van der Waals surface area contributed by atoms with Gasteiger partial charge in [-0.25, -0.2) is 4.98 Å². The van der Waals surface area contributed by atoms with E-state index in [-0.39, 0.29) is 19.1 Å². The van der Waals surface area contributed by atoms with Crippen LogP contribution < -0.4 is 10.1 Å². The van der Waals surface area contributed by atoms with Gasteiger partial charge in [0.05, 0.1) is 12.2 Å². The topological polar surface area (TPSA) is 68.5 Å². The van der Waals surface area contributed by atoms with Crippen molar-refractivity contribution in [1.29, 1.82) is 0 Å². The summed E-state index contributed by atoms with van der Waals surface area (Å²) in [4.78, 5) is 21.2. The number of carbonyl (C=O) groups excluding carboxylic acids is 1. The van der Waals surface area contributed by atoms with Gasteiger partial charge in [0.15, 0.2) is 0 Å². The lowest BCUT2D eigenvalue weighted by atomic mass is 10.2. The molecule has 0 bridgehead atoms. The number of benzene rings is 1. The second-order valence-corrected chi connectivity index (χ2v) is 6.13. The van der Waals surface area contributed by atoms with Crippen LogP contribution in [0, 0.1) is 18.8 Å². The Morgan fingerprint density at radius 2 is 2.04 bits per heavy atom. The molecular weight excluding hydrogens is 352 g/mol. The Bertz CT molecular complexity index is 1210. The number of aromatic nitrogens is 3. The number of amides is 1. The third-order valence-electron chi connectivity index (χ3n) is 4.28. The largest absolute Gasteiger partial charge is 0.479 e. The van der Waals surface area contributed by atoms with Gasteiger partial charge in [0, 0.05) is 17.8 Å². The summed E-state index contributed by atoms with van der Waals surface area (Å²) >= 11 is 0. The molecule has 0 aliphatic rings. The molecule has 0 saturated heterocycles. The number of hydrogen-bond donors (Lipinski definition) is 1. The molecular formula is C22H18N4O2. The van der Waals surface area contributed by atoms with Gasteiger partial charge in [-0.1, -0.05) is 36.1 Å². The Morgan fingerprint density at radius 3 is 2.96 bits per heavy atom. The smallest absolute Gasteiger partial charge is 0.270 e. The zero-order valence-electron chi connectivity index (χ0n) is 15.3. The molecule has 0 aliphatic carbocycles. The van der Waals surface area contributed by atoms with Gasteiger partial charge < -0.3 is 10.1 Å². The first-order valence-corrected chi connectivity index (χ1v) is 8.88. The van der Waals surface area contributed by atoms with Crippen molar-refractivity contribution in [2.45, 2.75) is 6.92 Å². The molecule has 0 radical (unpaired) electrons. The molecule has 0 saturated carbocycles. The molecule has 0 aliphatic heterocycles. The predicted octanol–water partition coefficient (Wildman–Crippen LogP) is 3.00. The van der Waals surface area contributed by atoms with E-state index in [9.17, 15) is 4.79 Å². The maximum absolute atomic E-state index is 12.5. The Balaban J connectivity index is 1.35. The molecule has 1 amide bonds. The molecule has 6 nitrogen and oxygen atoms in total. The second-order valence-electron chi connectivity index (χ2n) is 6.13. The number of carbonyl (C=O) groups is 1. The molecule has 4 rings (SSSR count). The highest BCUT2D eigenvalue weighted by Crippen LogP contribution is 2.22. The molecule has 1 N–H and O–H groups in total. The summed E-state index contributed by atoms with van der Waals surface area (Å²) in [6.45, 7) is 2.27. The van der Waals surface area contributed by atoms with E-state index in [2.05, 4.69) is 27.1 Å². The number of nitrogens with one attached hydrogen (secondary N) is 1. The van der Waals surface area contributed by atoms with E-state index in [0.717, 1.165) is 16.6 Å². The lowest BCUT2D eigenvalue weighted by Crippen LogP contribution is -2.25. The monoisotopic (exact) mass is 370 g/mol. The predicted molar refractivity (Wildman–Crippen MR) is 107 cm³/mol. The molecule has 0 fully saturated rings. The second kappa shape index (κ2) is 7.80. The molecule has 3 aromatic heterocycles. The molecule has 28 heavy (non-hydrogen) atoms. The highest BCUT2D eigenvalue weighted by molar-refractivity contribution is 5.94. The number of pyridine rings is 2. The molecule has 138 valence electrons. The fraction of sp³-hybridized carbons (Fsp3) is 0.136. The molecule has 6 heteroatoms. The van der Waals surface area contributed by atoms with Crippen molar-refractivity contribution in [2.24, 2.45) is 0 Å². The quantitative estimate of drug-likeness (QED) is 0.561. The van der Waals surface area contributed by atoms with Gasteiger partial charge in [-0.15, -0.1) is 0 Å². The first-order chi connectivity index (χ1) is 13.7. The van der Waals surface area contributed by atoms with Crippen molar-refractivity contribution in [2.75, 3.05) is 13.2 Å². The number of fused-ring (bicyclic) bond motifs is 2. The summed E-state index contributed by atoms with van der Waals surface area (Å²) in [5.74, 6) is 6.31. The number of rotatable bonds is 4. The van der Waals surface area contributed by atoms with Crippen molar-refractivity contribution in [3.8, 4) is 17.6 Å². The standard InChI is InChI=1S/C22H18N4O2/c1-16-21(26-14-4-2-11-19(26)25-16)22(27)24-12-3-5-15-28-18-10-6-8-17-9-7-13-23-20(17)18/h2,4,6-11,13-14H,12,15H2,1H3,(H,24,27). The van der Waals surface area contributed by atoms with E-state index in [4.69, 9.17) is 4.74 Å². The zero-order valence-corrected chi connectivity index (χ0v) is 15.3. The van der Waals surface area contributed by atoms with Crippen molar-refractivity contribution in [3.63, 3.8) is 0 Å². The van der Waals surface area contributed by atoms with Gasteiger partial charge in [0.2, 0.25) is 0 Å². The number of nitrogens with zero attached hydrogens (tertiary/aromatic N) is 3. The lowest BCUT2D eigenvalue weighted by Gasteiger charge is -2.05. The van der Waals surface area contributed by atoms with Gasteiger partial charge in [-0.3, -0.25) is 14.2 Å². The van der Waals surface area contributed by atoms with Crippen molar-refractivity contribution in [3.05, 3.63) is 72.3 Å². The Labute approximate surface area is 162 Å². The van der Waals surface area contributed by atoms with Crippen molar-refractivity contribution in [1.82, 2.24) is 19.7 Å². The van der Waals surface area contributed by atoms with Gasteiger partial charge in [0.25, 0.3) is 5.91 Å². The van der Waals surface area contributed by atoms with Gasteiger partial charge >= 0.3 is 0 Å². The average molecular weight is 370 g/mol. The van der Waals surface area contributed by atoms with Crippen LogP contribution in [0.5, 0.6) is 5.75 Å². The molecule has 3 heterocycles. The highest BCUT2D eigenvalue weighted by Gasteiger charge is 2.15. The van der Waals surface area contributed by atoms with E-state index >= 15 is 0 Å². The Kier molecular flexibility index (Phi) is 4.89. The zero-order chi connectivity index (χ0) is 19.3. The fourth-order valence-electron chi connectivity index (χ4n) is 3.02. The summed E-state index contributed by atoms with van der Waals surface area (Å²) in [6, 6.07) is 15.3. The van der Waals surface area contributed by atoms with Crippen molar-refractivity contribution >= 4 is 22.5 Å². The maximum atomic E-state index is 12.5. The SMILES string of the molecule is Cc1nc2ccccn2c1C(=O)NCC#CCOc1cccc2cccnc12. The minimum Gasteiger partial charge on any atom is -0.479 e. The minimum atomic E-state index is -0.204. The van der Waals surface area contributed by atoms with Gasteiger partial charge in [0.1, 0.15) is 29.2 Å². The Hall–Kier alpha value is -3.85. The van der Waals surface area contributed by atoms with E-state index in [1.807, 2.05) is 61.7 Å². The fourth-order valence-corrected chi connectivity index (χ4v) is 3.02. The van der Waals surface area contributed by atoms with Gasteiger partial charge in [-0.2, -0.15) is 0 Å². The number of aryl methyl sites for hydroxylation is 1. The van der Waals surface area contributed by atoms with E-state index in [1.54, 1.807) is 10.6 Å². The van der Waals surface area contributed by atoms with Gasteiger partial charge in [-0.05, 0) is 31.2 Å². The minimum absolute atomic E-state index is 0.204. The van der Waals surface area contributed by atoms with Crippen LogP contribution in [0.15, 0.2) is 60.9 Å². The van der Waals surface area contributed by atoms with Crippen LogP contribution in [0.3, 0.4) is 0 Å². The third kappa shape index (κ3) is 3.51. The number of imidazole rings is 1. The molecule has 0 unspecified atom stereocenters. The number of hydrogen-bond acceptors (Lipinski definition) is 4. The van der Waals surface area contributed by atoms with Crippen LogP contribution in [0.2, 0.25) is 0 Å². The first kappa shape index (κ1) is 17.6. The van der Waals surface area contributed by atoms with E-state index in [0.29, 0.717) is 17.1 Å². The average Bonchev–Trinajstić information content (AvgIpc) is 3.06. The summed E-state index contributed by atoms with van der Waals surface area (Å²) in [5, 5.41) is 3.82. The van der Waals surface area contributed by atoms with Crippen LogP contribution in [0.1, 0.15) is 16.2 Å². The first-order valence-electron chi connectivity index (χ1n) is 8.88. The molecule has 1 aromatic carbocycles. The normalized spacial score (nSPS) is 10.5. The van der Waals surface area contributed by atoms with Crippen molar-refractivity contribution < 1.29 is 9.53 Å². The third-order valence-corrected chi connectivity index (χ3v) is 4.28. The summed E-state index contributed by atoms with van der Waals surface area (Å²) in [7, 11) is 0. The van der Waals surface area contributed by atoms with Crippen LogP contribution >= 0.6 is 0 Å². The van der Waals surface area contributed by atoms with Crippen LogP contribution in [-0.4, -0.2) is 33.4 Å². The summed E-state index contributed by atoms with van der Waals surface area (Å²) in [6.07, 6.45) is 3.56. The van der Waals surface area contributed by atoms with E-state index in [1.165, 1.54) is 0 Å². The van der Waals surface area contributed by atoms with Crippen LogP contribution in [-0.2, 0) is 0 Å². The van der Waals surface area contributed by atoms with E-state index < -0.39 is 0 Å². The molecule has 4 aromatic rings. The summed E-state index contributed by atoms with van der Waals surface area (Å²) < 4.78 is 7.48. The van der Waals surface area contributed by atoms with Crippen LogP contribution in [0.4, 0.5) is 0 Å².